The molecule has 0 bridgehead atoms. The monoisotopic (exact) mass is 282 g/mol. The van der Waals surface area contributed by atoms with Crippen LogP contribution in [0.3, 0.4) is 0 Å². The van der Waals surface area contributed by atoms with Gasteiger partial charge in [0.15, 0.2) is 0 Å². The molecule has 0 aromatic heterocycles. The summed E-state index contributed by atoms with van der Waals surface area (Å²) >= 11 is 0. The Bertz CT molecular complexity index is 521. The molecule has 1 aliphatic rings. The van der Waals surface area contributed by atoms with Crippen molar-refractivity contribution in [2.75, 3.05) is 18.0 Å². The van der Waals surface area contributed by atoms with Gasteiger partial charge in [-0.25, -0.2) is 0 Å². The molecule has 0 saturated carbocycles. The number of alkyl halides is 3. The zero-order chi connectivity index (χ0) is 14.9. The second-order valence-electron chi connectivity index (χ2n) is 5.69. The van der Waals surface area contributed by atoms with E-state index in [-0.39, 0.29) is 5.56 Å². The molecule has 1 aromatic rings. The van der Waals surface area contributed by atoms with Gasteiger partial charge in [0.25, 0.3) is 0 Å². The van der Waals surface area contributed by atoms with Crippen LogP contribution in [0.4, 0.5) is 18.9 Å². The Morgan fingerprint density at radius 1 is 1.20 bits per heavy atom. The Hall–Kier alpha value is -1.70. The van der Waals surface area contributed by atoms with Crippen molar-refractivity contribution >= 4 is 5.69 Å². The lowest BCUT2D eigenvalue weighted by Crippen LogP contribution is -2.39. The van der Waals surface area contributed by atoms with E-state index in [2.05, 4.69) is 13.8 Å². The van der Waals surface area contributed by atoms with Gasteiger partial charge >= 0.3 is 6.18 Å². The SMILES string of the molecule is CC1CC(C)CN(c2ccc(C(F)(F)F)cc2C#N)C1. The van der Waals surface area contributed by atoms with Crippen LogP contribution in [0, 0.1) is 23.2 Å². The van der Waals surface area contributed by atoms with Gasteiger partial charge in [-0.05, 0) is 36.5 Å². The molecule has 1 heterocycles. The van der Waals surface area contributed by atoms with Crippen LogP contribution < -0.4 is 4.90 Å². The van der Waals surface area contributed by atoms with Gasteiger partial charge in [-0.3, -0.25) is 0 Å². The zero-order valence-electron chi connectivity index (χ0n) is 11.5. The standard InChI is InChI=1S/C15H17F3N2/c1-10-5-11(2)9-20(8-10)14-4-3-13(15(16,17)18)6-12(14)7-19/h3-4,6,10-11H,5,8-9H2,1-2H3. The fourth-order valence-electron chi connectivity index (χ4n) is 2.94. The number of rotatable bonds is 1. The van der Waals surface area contributed by atoms with Crippen molar-refractivity contribution in [1.82, 2.24) is 0 Å². The van der Waals surface area contributed by atoms with Crippen molar-refractivity contribution in [3.63, 3.8) is 0 Å². The summed E-state index contributed by atoms with van der Waals surface area (Å²) in [4.78, 5) is 2.03. The maximum absolute atomic E-state index is 12.7. The first-order chi connectivity index (χ1) is 9.31. The first-order valence-electron chi connectivity index (χ1n) is 6.67. The normalized spacial score (nSPS) is 23.5. The van der Waals surface area contributed by atoms with Gasteiger partial charge in [0, 0.05) is 13.1 Å². The third-order valence-electron chi connectivity index (χ3n) is 3.65. The number of hydrogen-bond acceptors (Lipinski definition) is 2. The van der Waals surface area contributed by atoms with Gasteiger partial charge in [-0.15, -0.1) is 0 Å². The van der Waals surface area contributed by atoms with Crippen molar-refractivity contribution in [3.05, 3.63) is 29.3 Å². The molecular weight excluding hydrogens is 265 g/mol. The molecule has 0 amide bonds. The topological polar surface area (TPSA) is 27.0 Å². The highest BCUT2D eigenvalue weighted by atomic mass is 19.4. The summed E-state index contributed by atoms with van der Waals surface area (Å²) in [6.07, 6.45) is -3.30. The molecule has 1 aliphatic heterocycles. The summed E-state index contributed by atoms with van der Waals surface area (Å²) in [7, 11) is 0. The van der Waals surface area contributed by atoms with E-state index < -0.39 is 11.7 Å². The molecule has 5 heteroatoms. The number of hydrogen-bond donors (Lipinski definition) is 0. The number of halogens is 3. The summed E-state index contributed by atoms with van der Waals surface area (Å²) in [5, 5.41) is 9.13. The third kappa shape index (κ3) is 3.06. The Labute approximate surface area is 116 Å². The maximum atomic E-state index is 12.7. The quantitative estimate of drug-likeness (QED) is 0.776. The Morgan fingerprint density at radius 3 is 2.30 bits per heavy atom. The average Bonchev–Trinajstić information content (AvgIpc) is 2.35. The van der Waals surface area contributed by atoms with Gasteiger partial charge in [-0.2, -0.15) is 18.4 Å². The van der Waals surface area contributed by atoms with Gasteiger partial charge in [0.2, 0.25) is 0 Å². The van der Waals surface area contributed by atoms with Crippen LogP contribution in [0.2, 0.25) is 0 Å². The lowest BCUT2D eigenvalue weighted by atomic mass is 9.91. The van der Waals surface area contributed by atoms with Gasteiger partial charge in [0.1, 0.15) is 6.07 Å². The summed E-state index contributed by atoms with van der Waals surface area (Å²) in [5.74, 6) is 0.958. The third-order valence-corrected chi connectivity index (χ3v) is 3.65. The Balaban J connectivity index is 2.35. The summed E-state index contributed by atoms with van der Waals surface area (Å²) < 4.78 is 38.0. The number of benzene rings is 1. The van der Waals surface area contributed by atoms with E-state index in [1.54, 1.807) is 0 Å². The minimum Gasteiger partial charge on any atom is -0.370 e. The van der Waals surface area contributed by atoms with Crippen LogP contribution in [0.1, 0.15) is 31.4 Å². The number of piperidine rings is 1. The lowest BCUT2D eigenvalue weighted by Gasteiger charge is -2.37. The lowest BCUT2D eigenvalue weighted by molar-refractivity contribution is -0.137. The molecule has 2 nitrogen and oxygen atoms in total. The summed E-state index contributed by atoms with van der Waals surface area (Å²) in [5.41, 5.74) is -0.0593. The first-order valence-corrected chi connectivity index (χ1v) is 6.67. The van der Waals surface area contributed by atoms with Crippen LogP contribution in [-0.2, 0) is 6.18 Å². The van der Waals surface area contributed by atoms with Crippen molar-refractivity contribution in [2.24, 2.45) is 11.8 Å². The minimum absolute atomic E-state index is 0.0983. The van der Waals surface area contributed by atoms with Crippen molar-refractivity contribution in [1.29, 1.82) is 5.26 Å². The second kappa shape index (κ2) is 5.35. The van der Waals surface area contributed by atoms with E-state index in [0.717, 1.165) is 31.6 Å². The minimum atomic E-state index is -4.41. The van der Waals surface area contributed by atoms with Crippen LogP contribution in [0.15, 0.2) is 18.2 Å². The first kappa shape index (κ1) is 14.7. The van der Waals surface area contributed by atoms with E-state index in [1.807, 2.05) is 11.0 Å². The highest BCUT2D eigenvalue weighted by Crippen LogP contribution is 2.34. The molecule has 0 aliphatic carbocycles. The fraction of sp³-hybridized carbons (Fsp3) is 0.533. The smallest absolute Gasteiger partial charge is 0.370 e. The molecule has 108 valence electrons. The highest BCUT2D eigenvalue weighted by molar-refractivity contribution is 5.61. The second-order valence-corrected chi connectivity index (χ2v) is 5.69. The van der Waals surface area contributed by atoms with Crippen LogP contribution in [0.5, 0.6) is 0 Å². The molecule has 2 unspecified atom stereocenters. The van der Waals surface area contributed by atoms with Gasteiger partial charge < -0.3 is 4.90 Å². The molecule has 1 aromatic carbocycles. The predicted octanol–water partition coefficient (Wildman–Crippen LogP) is 4.06. The molecule has 2 atom stereocenters. The fourth-order valence-corrected chi connectivity index (χ4v) is 2.94. The van der Waals surface area contributed by atoms with Crippen molar-refractivity contribution in [3.8, 4) is 6.07 Å². The van der Waals surface area contributed by atoms with E-state index in [4.69, 9.17) is 5.26 Å². The molecule has 1 saturated heterocycles. The Kier molecular flexibility index (Phi) is 3.94. The zero-order valence-corrected chi connectivity index (χ0v) is 11.5. The molecule has 2 rings (SSSR count). The molecule has 0 N–H and O–H groups in total. The molecule has 1 fully saturated rings. The number of nitrogens with zero attached hydrogens (tertiary/aromatic N) is 2. The molecular formula is C15H17F3N2. The number of nitriles is 1. The van der Waals surface area contributed by atoms with Crippen molar-refractivity contribution < 1.29 is 13.2 Å². The maximum Gasteiger partial charge on any atom is 0.416 e. The van der Waals surface area contributed by atoms with Crippen LogP contribution in [-0.4, -0.2) is 13.1 Å². The molecule has 20 heavy (non-hydrogen) atoms. The van der Waals surface area contributed by atoms with Gasteiger partial charge in [-0.1, -0.05) is 13.8 Å². The van der Waals surface area contributed by atoms with E-state index in [1.165, 1.54) is 6.07 Å². The van der Waals surface area contributed by atoms with Crippen molar-refractivity contribution in [2.45, 2.75) is 26.4 Å². The number of anilines is 1. The summed E-state index contributed by atoms with van der Waals surface area (Å²) in [6, 6.07) is 5.32. The van der Waals surface area contributed by atoms with E-state index in [0.29, 0.717) is 17.5 Å². The largest absolute Gasteiger partial charge is 0.416 e. The average molecular weight is 282 g/mol. The van der Waals surface area contributed by atoms with Crippen LogP contribution in [0.25, 0.3) is 0 Å². The summed E-state index contributed by atoms with van der Waals surface area (Å²) in [6.45, 7) is 5.81. The Morgan fingerprint density at radius 2 is 1.80 bits per heavy atom. The predicted molar refractivity (Wildman–Crippen MR) is 71.3 cm³/mol. The van der Waals surface area contributed by atoms with Crippen LogP contribution >= 0.6 is 0 Å². The van der Waals surface area contributed by atoms with E-state index in [9.17, 15) is 13.2 Å². The highest BCUT2D eigenvalue weighted by Gasteiger charge is 2.32. The molecule has 0 radical (unpaired) electrons. The van der Waals surface area contributed by atoms with Gasteiger partial charge in [0.05, 0.1) is 16.8 Å². The molecule has 0 spiro atoms. The van der Waals surface area contributed by atoms with E-state index >= 15 is 0 Å².